The molecule has 0 heterocycles. The van der Waals surface area contributed by atoms with Gasteiger partial charge in [-0.15, -0.1) is 0 Å². The minimum atomic E-state index is 0.179. The Labute approximate surface area is 114 Å². The summed E-state index contributed by atoms with van der Waals surface area (Å²) in [6.07, 6.45) is 2.40. The van der Waals surface area contributed by atoms with Crippen molar-refractivity contribution in [3.05, 3.63) is 70.8 Å². The van der Waals surface area contributed by atoms with E-state index in [-0.39, 0.29) is 5.92 Å². The van der Waals surface area contributed by atoms with E-state index in [1.807, 2.05) is 12.1 Å². The molecule has 0 radical (unpaired) electrons. The zero-order valence-corrected chi connectivity index (χ0v) is 11.2. The zero-order chi connectivity index (χ0) is 13.2. The van der Waals surface area contributed by atoms with Crippen LogP contribution in [0.4, 0.5) is 0 Å². The summed E-state index contributed by atoms with van der Waals surface area (Å²) in [5, 5.41) is 0. The van der Waals surface area contributed by atoms with E-state index in [2.05, 4.69) is 43.3 Å². The first-order valence-corrected chi connectivity index (χ1v) is 6.87. The zero-order valence-electron chi connectivity index (χ0n) is 11.2. The van der Waals surface area contributed by atoms with E-state index in [1.165, 1.54) is 16.7 Å². The number of hydrogen-bond acceptors (Lipinski definition) is 1. The maximum absolute atomic E-state index is 12.4. The molecule has 1 nitrogen and oxygen atoms in total. The predicted octanol–water partition coefficient (Wildman–Crippen LogP) is 3.52. The molecule has 0 bridgehead atoms. The topological polar surface area (TPSA) is 17.1 Å². The number of rotatable bonds is 3. The summed E-state index contributed by atoms with van der Waals surface area (Å²) in [7, 11) is 0. The Balaban J connectivity index is 1.70. The smallest absolute Gasteiger partial charge is 0.140 e. The Morgan fingerprint density at radius 1 is 1.05 bits per heavy atom. The van der Waals surface area contributed by atoms with Crippen molar-refractivity contribution >= 4 is 5.78 Å². The molecule has 0 atom stereocenters. The summed E-state index contributed by atoms with van der Waals surface area (Å²) in [5.74, 6) is 0.555. The van der Waals surface area contributed by atoms with Gasteiger partial charge in [-0.2, -0.15) is 0 Å². The Morgan fingerprint density at radius 2 is 1.74 bits per heavy atom. The lowest BCUT2D eigenvalue weighted by Crippen LogP contribution is -2.17. The van der Waals surface area contributed by atoms with Gasteiger partial charge in [0.25, 0.3) is 0 Å². The summed E-state index contributed by atoms with van der Waals surface area (Å²) in [6, 6.07) is 16.7. The van der Waals surface area contributed by atoms with Gasteiger partial charge in [0.2, 0.25) is 0 Å². The van der Waals surface area contributed by atoms with E-state index in [0.717, 1.165) is 18.4 Å². The van der Waals surface area contributed by atoms with Crippen molar-refractivity contribution in [2.24, 2.45) is 5.92 Å². The standard InChI is InChI=1S/C18H18O/c1-13-5-4-6-14(9-13)10-18(19)17-11-15-7-2-3-8-16(15)12-17/h2-9,17H,10-12H2,1H3. The molecule has 0 saturated heterocycles. The monoisotopic (exact) mass is 250 g/mol. The lowest BCUT2D eigenvalue weighted by molar-refractivity contribution is -0.121. The molecule has 3 rings (SSSR count). The van der Waals surface area contributed by atoms with E-state index in [4.69, 9.17) is 0 Å². The Hall–Kier alpha value is -1.89. The summed E-state index contributed by atoms with van der Waals surface area (Å²) in [6.45, 7) is 2.07. The van der Waals surface area contributed by atoms with Gasteiger partial charge in [0.05, 0.1) is 0 Å². The maximum atomic E-state index is 12.4. The van der Waals surface area contributed by atoms with Crippen LogP contribution < -0.4 is 0 Å². The highest BCUT2D eigenvalue weighted by Crippen LogP contribution is 2.27. The van der Waals surface area contributed by atoms with E-state index in [9.17, 15) is 4.79 Å². The molecule has 1 aliphatic rings. The van der Waals surface area contributed by atoms with Crippen LogP contribution in [0.25, 0.3) is 0 Å². The van der Waals surface area contributed by atoms with Crippen LogP contribution in [-0.2, 0) is 24.1 Å². The molecule has 19 heavy (non-hydrogen) atoms. The molecule has 2 aromatic carbocycles. The van der Waals surface area contributed by atoms with Crippen LogP contribution in [0.1, 0.15) is 22.3 Å². The molecule has 0 aliphatic heterocycles. The summed E-state index contributed by atoms with van der Waals surface area (Å²) >= 11 is 0. The lowest BCUT2D eigenvalue weighted by Gasteiger charge is -2.08. The van der Waals surface area contributed by atoms with Gasteiger partial charge >= 0.3 is 0 Å². The average molecular weight is 250 g/mol. The predicted molar refractivity (Wildman–Crippen MR) is 77.2 cm³/mol. The molecule has 0 aromatic heterocycles. The summed E-state index contributed by atoms with van der Waals surface area (Å²) in [4.78, 5) is 12.4. The number of carbonyl (C=O) groups is 1. The molecule has 1 aliphatic carbocycles. The third-order valence-electron chi connectivity index (χ3n) is 3.97. The molecular weight excluding hydrogens is 232 g/mol. The summed E-state index contributed by atoms with van der Waals surface area (Å²) < 4.78 is 0. The average Bonchev–Trinajstić information content (AvgIpc) is 2.82. The van der Waals surface area contributed by atoms with Gasteiger partial charge in [-0.25, -0.2) is 0 Å². The Bertz CT molecular complexity index is 588. The Kier molecular flexibility index (Phi) is 3.20. The second kappa shape index (κ2) is 5.00. The number of carbonyl (C=O) groups excluding carboxylic acids is 1. The molecule has 0 N–H and O–H groups in total. The first-order valence-electron chi connectivity index (χ1n) is 6.87. The lowest BCUT2D eigenvalue weighted by atomic mass is 9.95. The molecule has 0 amide bonds. The van der Waals surface area contributed by atoms with Crippen molar-refractivity contribution in [2.45, 2.75) is 26.2 Å². The van der Waals surface area contributed by atoms with Crippen LogP contribution in [0, 0.1) is 12.8 Å². The SMILES string of the molecule is Cc1cccc(CC(=O)C2Cc3ccccc3C2)c1. The third kappa shape index (κ3) is 2.60. The van der Waals surface area contributed by atoms with Gasteiger partial charge < -0.3 is 0 Å². The van der Waals surface area contributed by atoms with Crippen LogP contribution in [0.5, 0.6) is 0 Å². The van der Waals surface area contributed by atoms with Crippen LogP contribution >= 0.6 is 0 Å². The van der Waals surface area contributed by atoms with Crippen molar-refractivity contribution < 1.29 is 4.79 Å². The minimum Gasteiger partial charge on any atom is -0.299 e. The van der Waals surface area contributed by atoms with E-state index < -0.39 is 0 Å². The van der Waals surface area contributed by atoms with Crippen LogP contribution in [-0.4, -0.2) is 5.78 Å². The summed E-state index contributed by atoms with van der Waals surface area (Å²) in [5.41, 5.74) is 5.07. The van der Waals surface area contributed by atoms with E-state index in [0.29, 0.717) is 12.2 Å². The molecule has 0 fully saturated rings. The van der Waals surface area contributed by atoms with Crippen LogP contribution in [0.2, 0.25) is 0 Å². The highest BCUT2D eigenvalue weighted by Gasteiger charge is 2.26. The highest BCUT2D eigenvalue weighted by molar-refractivity contribution is 5.84. The molecule has 96 valence electrons. The number of fused-ring (bicyclic) bond motifs is 1. The number of hydrogen-bond donors (Lipinski definition) is 0. The largest absolute Gasteiger partial charge is 0.299 e. The molecule has 0 saturated carbocycles. The molecule has 1 heteroatoms. The highest BCUT2D eigenvalue weighted by atomic mass is 16.1. The second-order valence-electron chi connectivity index (χ2n) is 5.51. The van der Waals surface area contributed by atoms with Gasteiger partial charge in [0.1, 0.15) is 5.78 Å². The van der Waals surface area contributed by atoms with Crippen molar-refractivity contribution in [3.8, 4) is 0 Å². The maximum Gasteiger partial charge on any atom is 0.140 e. The van der Waals surface area contributed by atoms with Gasteiger partial charge in [-0.05, 0) is 36.5 Å². The minimum absolute atomic E-state index is 0.179. The van der Waals surface area contributed by atoms with Crippen molar-refractivity contribution in [1.82, 2.24) is 0 Å². The van der Waals surface area contributed by atoms with Gasteiger partial charge in [-0.3, -0.25) is 4.79 Å². The normalized spacial score (nSPS) is 14.4. The molecule has 0 spiro atoms. The molecule has 0 unspecified atom stereocenters. The van der Waals surface area contributed by atoms with E-state index in [1.54, 1.807) is 0 Å². The van der Waals surface area contributed by atoms with Crippen molar-refractivity contribution in [1.29, 1.82) is 0 Å². The number of Topliss-reactive ketones (excluding diaryl/α,β-unsaturated/α-hetero) is 1. The fourth-order valence-electron chi connectivity index (χ4n) is 2.95. The molecular formula is C18H18O. The van der Waals surface area contributed by atoms with Gasteiger partial charge in [0, 0.05) is 12.3 Å². The number of ketones is 1. The van der Waals surface area contributed by atoms with Gasteiger partial charge in [0.15, 0.2) is 0 Å². The van der Waals surface area contributed by atoms with Crippen molar-refractivity contribution in [2.75, 3.05) is 0 Å². The first-order chi connectivity index (χ1) is 9.22. The van der Waals surface area contributed by atoms with E-state index >= 15 is 0 Å². The van der Waals surface area contributed by atoms with Crippen molar-refractivity contribution in [3.63, 3.8) is 0 Å². The first kappa shape index (κ1) is 12.2. The quantitative estimate of drug-likeness (QED) is 0.814. The third-order valence-corrected chi connectivity index (χ3v) is 3.97. The fraction of sp³-hybridized carbons (Fsp3) is 0.278. The number of benzene rings is 2. The van der Waals surface area contributed by atoms with Gasteiger partial charge in [-0.1, -0.05) is 54.1 Å². The second-order valence-corrected chi connectivity index (χ2v) is 5.51. The van der Waals surface area contributed by atoms with Crippen LogP contribution in [0.3, 0.4) is 0 Å². The molecule has 2 aromatic rings. The number of aryl methyl sites for hydroxylation is 1. The Morgan fingerprint density at radius 3 is 2.37 bits per heavy atom. The van der Waals surface area contributed by atoms with Crippen LogP contribution in [0.15, 0.2) is 48.5 Å². The fourth-order valence-corrected chi connectivity index (χ4v) is 2.95.